The topological polar surface area (TPSA) is 57.6 Å². The summed E-state index contributed by atoms with van der Waals surface area (Å²) in [5, 5.41) is 8.63. The van der Waals surface area contributed by atoms with Gasteiger partial charge >= 0.3 is 0 Å². The second kappa shape index (κ2) is 8.42. The van der Waals surface area contributed by atoms with E-state index in [1.807, 2.05) is 48.7 Å². The fraction of sp³-hybridized carbons (Fsp3) is 0.0385. The number of para-hydroxylation sites is 1. The molecule has 0 aliphatic carbocycles. The average molecular weight is 579 g/mol. The van der Waals surface area contributed by atoms with Crippen molar-refractivity contribution < 1.29 is 8.78 Å². The molecular formula is C26H16F2IN5O. The molecule has 0 unspecified atom stereocenters. The Morgan fingerprint density at radius 2 is 1.69 bits per heavy atom. The number of aromatic nitrogens is 5. The van der Waals surface area contributed by atoms with Crippen molar-refractivity contribution in [1.82, 2.24) is 24.1 Å². The maximum Gasteiger partial charge on any atom is 0.282 e. The molecule has 2 aliphatic rings. The van der Waals surface area contributed by atoms with E-state index in [-0.39, 0.29) is 28.7 Å². The minimum absolute atomic E-state index is 0.0162. The second-order valence-corrected chi connectivity index (χ2v) is 9.22. The summed E-state index contributed by atoms with van der Waals surface area (Å²) >= 11 is 2.12. The first-order valence-electron chi connectivity index (χ1n) is 10.7. The molecule has 0 saturated carbocycles. The molecule has 9 heteroatoms. The van der Waals surface area contributed by atoms with Crippen LogP contribution in [0.3, 0.4) is 0 Å². The van der Waals surface area contributed by atoms with Gasteiger partial charge in [0, 0.05) is 28.7 Å². The van der Waals surface area contributed by atoms with Crippen molar-refractivity contribution in [2.75, 3.05) is 0 Å². The number of halogens is 3. The largest absolute Gasteiger partial charge is 0.340 e. The average Bonchev–Trinajstić information content (AvgIpc) is 3.51. The van der Waals surface area contributed by atoms with E-state index in [0.717, 1.165) is 27.0 Å². The number of rotatable bonds is 4. The predicted molar refractivity (Wildman–Crippen MR) is 137 cm³/mol. The van der Waals surface area contributed by atoms with E-state index in [2.05, 4.69) is 32.8 Å². The van der Waals surface area contributed by atoms with Crippen LogP contribution in [-0.4, -0.2) is 24.1 Å². The molecule has 0 amide bonds. The summed E-state index contributed by atoms with van der Waals surface area (Å²) in [4.78, 5) is 13.4. The van der Waals surface area contributed by atoms with E-state index >= 15 is 8.78 Å². The highest BCUT2D eigenvalue weighted by molar-refractivity contribution is 14.1. The van der Waals surface area contributed by atoms with Crippen molar-refractivity contribution in [1.29, 1.82) is 0 Å². The van der Waals surface area contributed by atoms with Crippen molar-refractivity contribution in [3.8, 4) is 22.6 Å². The van der Waals surface area contributed by atoms with Crippen LogP contribution in [0, 0.1) is 15.2 Å². The van der Waals surface area contributed by atoms with E-state index in [1.165, 1.54) is 4.68 Å². The highest BCUT2D eigenvalue weighted by atomic mass is 127. The molecule has 3 heterocycles. The number of benzene rings is 3. The van der Waals surface area contributed by atoms with Crippen LogP contribution in [0.1, 0.15) is 5.56 Å². The third-order valence-corrected chi connectivity index (χ3v) is 6.82. The van der Waals surface area contributed by atoms with E-state index in [9.17, 15) is 4.79 Å². The Labute approximate surface area is 211 Å². The Balaban J connectivity index is 1.55. The first-order chi connectivity index (χ1) is 17.0. The van der Waals surface area contributed by atoms with Gasteiger partial charge in [0.1, 0.15) is 17.3 Å². The zero-order valence-electron chi connectivity index (χ0n) is 18.1. The van der Waals surface area contributed by atoms with Gasteiger partial charge in [-0.2, -0.15) is 14.9 Å². The lowest BCUT2D eigenvalue weighted by Gasteiger charge is -2.15. The van der Waals surface area contributed by atoms with Crippen molar-refractivity contribution in [3.05, 3.63) is 116 Å². The summed E-state index contributed by atoms with van der Waals surface area (Å²) in [6.07, 6.45) is 5.09. The number of fused-ring (bicyclic) bond motifs is 3. The quantitative estimate of drug-likeness (QED) is 0.263. The zero-order chi connectivity index (χ0) is 24.1. The lowest BCUT2D eigenvalue weighted by atomic mass is 10.1. The maximum absolute atomic E-state index is 15.1. The summed E-state index contributed by atoms with van der Waals surface area (Å²) in [5.74, 6) is -1.23. The molecule has 0 fully saturated rings. The van der Waals surface area contributed by atoms with Gasteiger partial charge in [-0.25, -0.2) is 13.5 Å². The Kier molecular flexibility index (Phi) is 5.21. The minimum atomic E-state index is -0.637. The highest BCUT2D eigenvalue weighted by Crippen LogP contribution is 2.32. The fourth-order valence-electron chi connectivity index (χ4n) is 4.27. The van der Waals surface area contributed by atoms with Crippen LogP contribution in [0.25, 0.3) is 33.5 Å². The Hall–Kier alpha value is -3.86. The highest BCUT2D eigenvalue weighted by Gasteiger charge is 2.25. The second-order valence-electron chi connectivity index (χ2n) is 8.06. The van der Waals surface area contributed by atoms with Crippen LogP contribution in [-0.2, 0) is 6.54 Å². The molecule has 3 aromatic carbocycles. The maximum atomic E-state index is 15.1. The summed E-state index contributed by atoms with van der Waals surface area (Å²) in [6.45, 7) is 0.236. The van der Waals surface area contributed by atoms with Gasteiger partial charge in [0.2, 0.25) is 0 Å². The molecular weight excluding hydrogens is 563 g/mol. The molecule has 0 radical (unpaired) electrons. The molecule has 6 rings (SSSR count). The van der Waals surface area contributed by atoms with Gasteiger partial charge < -0.3 is 4.57 Å². The summed E-state index contributed by atoms with van der Waals surface area (Å²) in [6, 6.07) is 18.9. The molecule has 4 aromatic rings. The zero-order valence-corrected chi connectivity index (χ0v) is 20.2. The van der Waals surface area contributed by atoms with Gasteiger partial charge in [-0.15, -0.1) is 0 Å². The first-order valence-corrected chi connectivity index (χ1v) is 11.8. The van der Waals surface area contributed by atoms with E-state index < -0.39 is 17.2 Å². The summed E-state index contributed by atoms with van der Waals surface area (Å²) in [5.41, 5.74) is 2.33. The van der Waals surface area contributed by atoms with Crippen LogP contribution >= 0.6 is 22.6 Å². The van der Waals surface area contributed by atoms with Crippen LogP contribution in [0.2, 0.25) is 0 Å². The fourth-order valence-corrected chi connectivity index (χ4v) is 4.88. The summed E-state index contributed by atoms with van der Waals surface area (Å²) in [7, 11) is 0. The van der Waals surface area contributed by atoms with Crippen molar-refractivity contribution >= 4 is 33.5 Å². The van der Waals surface area contributed by atoms with Gasteiger partial charge in [-0.3, -0.25) is 4.79 Å². The summed E-state index contributed by atoms with van der Waals surface area (Å²) < 4.78 is 35.6. The standard InChI is InChI=1S/C26H16F2IN5O/c27-19-10-11-20(28)25-23(19)24-18(26(35)34(31-24)22-5-2-1-4-21(22)29)15-32(25)14-16-6-8-17(9-7-16)33-13-3-12-30-33/h1-13,15H,14H2. The molecule has 0 N–H and O–H groups in total. The number of pyridine rings is 1. The Bertz CT molecular complexity index is 1720. The van der Waals surface area contributed by atoms with E-state index in [1.54, 1.807) is 33.8 Å². The smallest absolute Gasteiger partial charge is 0.282 e. The third kappa shape index (κ3) is 3.63. The molecule has 0 saturated heterocycles. The molecule has 2 aliphatic heterocycles. The van der Waals surface area contributed by atoms with Gasteiger partial charge in [0.25, 0.3) is 5.56 Å². The van der Waals surface area contributed by atoms with Crippen LogP contribution in [0.4, 0.5) is 8.78 Å². The lowest BCUT2D eigenvalue weighted by Crippen LogP contribution is -2.16. The first kappa shape index (κ1) is 21.7. The van der Waals surface area contributed by atoms with Gasteiger partial charge in [0.15, 0.2) is 0 Å². The van der Waals surface area contributed by atoms with Crippen LogP contribution < -0.4 is 5.56 Å². The molecule has 172 valence electrons. The number of hydrogen-bond donors (Lipinski definition) is 0. The number of nitrogens with zero attached hydrogens (tertiary/aromatic N) is 5. The molecule has 0 atom stereocenters. The number of hydrogen-bond acceptors (Lipinski definition) is 3. The van der Waals surface area contributed by atoms with Gasteiger partial charge in [-0.05, 0) is 70.6 Å². The van der Waals surface area contributed by atoms with Crippen molar-refractivity contribution in [2.24, 2.45) is 0 Å². The normalized spacial score (nSPS) is 11.5. The molecule has 1 aromatic heterocycles. The van der Waals surface area contributed by atoms with E-state index in [0.29, 0.717) is 5.69 Å². The van der Waals surface area contributed by atoms with Crippen molar-refractivity contribution in [3.63, 3.8) is 0 Å². The lowest BCUT2D eigenvalue weighted by molar-refractivity contribution is 0.607. The molecule has 0 spiro atoms. The van der Waals surface area contributed by atoms with Crippen LogP contribution in [0.15, 0.2) is 90.1 Å². The Morgan fingerprint density at radius 1 is 0.914 bits per heavy atom. The molecule has 35 heavy (non-hydrogen) atoms. The monoisotopic (exact) mass is 579 g/mol. The van der Waals surface area contributed by atoms with Crippen molar-refractivity contribution in [2.45, 2.75) is 6.54 Å². The predicted octanol–water partition coefficient (Wildman–Crippen LogP) is 5.41. The van der Waals surface area contributed by atoms with E-state index in [4.69, 9.17) is 0 Å². The minimum Gasteiger partial charge on any atom is -0.340 e. The SMILES string of the molecule is O=c1c2cn(Cc3ccc(-n4cccn4)cc3)c3c(F)ccc(F)c3c-2nn1-c1ccccc1I. The van der Waals surface area contributed by atoms with Crippen LogP contribution in [0.5, 0.6) is 0 Å². The Morgan fingerprint density at radius 3 is 2.43 bits per heavy atom. The van der Waals surface area contributed by atoms with Gasteiger partial charge in [0.05, 0.1) is 27.8 Å². The molecule has 6 nitrogen and oxygen atoms in total. The third-order valence-electron chi connectivity index (χ3n) is 5.90. The molecule has 0 bridgehead atoms. The van der Waals surface area contributed by atoms with Gasteiger partial charge in [-0.1, -0.05) is 24.3 Å².